The smallest absolute Gasteiger partial charge is 0.322 e. The van der Waals surface area contributed by atoms with Gasteiger partial charge in [0.15, 0.2) is 0 Å². The normalized spacial score (nSPS) is 11.5. The topological polar surface area (TPSA) is 71.2 Å². The average Bonchev–Trinajstić information content (AvgIpc) is 2.66. The zero-order valence-electron chi connectivity index (χ0n) is 14.9. The number of urea groups is 1. The maximum atomic E-state index is 13.2. The highest BCUT2D eigenvalue weighted by molar-refractivity contribution is 5.93. The molecule has 5 nitrogen and oxygen atoms in total. The van der Waals surface area contributed by atoms with E-state index in [0.29, 0.717) is 18.8 Å². The Hall–Kier alpha value is -2.70. The highest BCUT2D eigenvalue weighted by atomic mass is 35.5. The number of nitrogens with one attached hydrogen (secondary N) is 1. The summed E-state index contributed by atoms with van der Waals surface area (Å²) in [5.41, 5.74) is 7.23. The van der Waals surface area contributed by atoms with Crippen LogP contribution in [0.15, 0.2) is 60.9 Å². The van der Waals surface area contributed by atoms with Gasteiger partial charge in [-0.3, -0.25) is 4.98 Å². The Morgan fingerprint density at radius 2 is 1.93 bits per heavy atom. The van der Waals surface area contributed by atoms with Crippen molar-refractivity contribution in [3.63, 3.8) is 0 Å². The van der Waals surface area contributed by atoms with Crippen LogP contribution in [-0.4, -0.2) is 29.0 Å². The molecule has 3 aromatic rings. The molecule has 0 spiro atoms. The first-order valence-corrected chi connectivity index (χ1v) is 8.45. The number of fused-ring (bicyclic) bond motifs is 1. The Morgan fingerprint density at radius 1 is 1.19 bits per heavy atom. The number of carbonyl (C=O) groups is 1. The fourth-order valence-electron chi connectivity index (χ4n) is 2.89. The van der Waals surface area contributed by atoms with E-state index >= 15 is 0 Å². The summed E-state index contributed by atoms with van der Waals surface area (Å²) in [5, 5.41) is 4.92. The number of nitrogens with zero attached hydrogens (tertiary/aromatic N) is 2. The Morgan fingerprint density at radius 3 is 2.63 bits per heavy atom. The molecule has 2 aromatic carbocycles. The molecule has 0 radical (unpaired) electrons. The quantitative estimate of drug-likeness (QED) is 0.682. The number of nitrogens with two attached hydrogens (primary N) is 1. The average molecular weight is 389 g/mol. The predicted molar refractivity (Wildman–Crippen MR) is 109 cm³/mol. The minimum absolute atomic E-state index is 0. The lowest BCUT2D eigenvalue weighted by molar-refractivity contribution is 0.195. The third-order valence-corrected chi connectivity index (χ3v) is 4.34. The second kappa shape index (κ2) is 9.30. The van der Waals surface area contributed by atoms with E-state index in [-0.39, 0.29) is 30.3 Å². The van der Waals surface area contributed by atoms with Crippen LogP contribution in [0, 0.1) is 5.82 Å². The van der Waals surface area contributed by atoms with Crippen LogP contribution in [-0.2, 0) is 0 Å². The molecule has 3 N–H and O–H groups in total. The van der Waals surface area contributed by atoms with E-state index in [9.17, 15) is 9.18 Å². The monoisotopic (exact) mass is 388 g/mol. The van der Waals surface area contributed by atoms with Crippen molar-refractivity contribution < 1.29 is 9.18 Å². The van der Waals surface area contributed by atoms with Gasteiger partial charge in [-0.25, -0.2) is 9.18 Å². The van der Waals surface area contributed by atoms with Gasteiger partial charge in [0.05, 0.1) is 6.04 Å². The molecule has 0 aliphatic carbocycles. The summed E-state index contributed by atoms with van der Waals surface area (Å²) < 4.78 is 13.2. The van der Waals surface area contributed by atoms with Crippen LogP contribution in [0.3, 0.4) is 0 Å². The van der Waals surface area contributed by atoms with Gasteiger partial charge in [-0.2, -0.15) is 0 Å². The van der Waals surface area contributed by atoms with E-state index < -0.39 is 0 Å². The fraction of sp³-hybridized carbons (Fsp3) is 0.200. The Kier molecular flexibility index (Phi) is 7.10. The molecule has 0 saturated carbocycles. The van der Waals surface area contributed by atoms with Crippen LogP contribution in [0.25, 0.3) is 10.8 Å². The summed E-state index contributed by atoms with van der Waals surface area (Å²) in [6.07, 6.45) is 3.49. The third kappa shape index (κ3) is 4.93. The molecule has 0 aliphatic heterocycles. The molecule has 0 bridgehead atoms. The molecule has 2 amide bonds. The first kappa shape index (κ1) is 20.6. The van der Waals surface area contributed by atoms with Crippen molar-refractivity contribution >= 4 is 34.9 Å². The Balaban J connectivity index is 0.00000261. The largest absolute Gasteiger partial charge is 0.329 e. The lowest BCUT2D eigenvalue weighted by Gasteiger charge is -2.29. The van der Waals surface area contributed by atoms with E-state index in [1.807, 2.05) is 31.2 Å². The second-order valence-electron chi connectivity index (χ2n) is 6.08. The lowest BCUT2D eigenvalue weighted by Crippen LogP contribution is -2.40. The molecular formula is C20H22ClFN4O. The van der Waals surface area contributed by atoms with Crippen molar-refractivity contribution in [1.82, 2.24) is 9.88 Å². The summed E-state index contributed by atoms with van der Waals surface area (Å²) >= 11 is 0. The molecule has 3 rings (SSSR count). The molecule has 0 saturated heterocycles. The molecule has 0 aliphatic rings. The van der Waals surface area contributed by atoms with Gasteiger partial charge in [-0.05, 0) is 48.2 Å². The van der Waals surface area contributed by atoms with Crippen LogP contribution in [0.4, 0.5) is 14.9 Å². The molecule has 7 heteroatoms. The van der Waals surface area contributed by atoms with Gasteiger partial charge in [-0.15, -0.1) is 12.4 Å². The Bertz CT molecular complexity index is 904. The SMILES string of the molecule is CC(c1ccc(F)cc1)N(CCN)C(=O)Nc1ccc2cnccc2c1.Cl. The number of aromatic nitrogens is 1. The van der Waals surface area contributed by atoms with Crippen LogP contribution in [0.1, 0.15) is 18.5 Å². The van der Waals surface area contributed by atoms with Crippen LogP contribution in [0.2, 0.25) is 0 Å². The number of hydrogen-bond acceptors (Lipinski definition) is 3. The minimum atomic E-state index is -0.304. The number of amides is 2. The highest BCUT2D eigenvalue weighted by Gasteiger charge is 2.21. The van der Waals surface area contributed by atoms with E-state index in [0.717, 1.165) is 16.3 Å². The lowest BCUT2D eigenvalue weighted by atomic mass is 10.1. The van der Waals surface area contributed by atoms with Crippen LogP contribution < -0.4 is 11.1 Å². The van der Waals surface area contributed by atoms with Gasteiger partial charge < -0.3 is 16.0 Å². The molecule has 1 unspecified atom stereocenters. The highest BCUT2D eigenvalue weighted by Crippen LogP contribution is 2.23. The maximum absolute atomic E-state index is 13.2. The van der Waals surface area contributed by atoms with Gasteiger partial charge in [0, 0.05) is 36.6 Å². The van der Waals surface area contributed by atoms with Gasteiger partial charge in [-0.1, -0.05) is 18.2 Å². The molecule has 27 heavy (non-hydrogen) atoms. The number of pyridine rings is 1. The summed E-state index contributed by atoms with van der Waals surface area (Å²) in [5.74, 6) is -0.304. The molecule has 1 heterocycles. The van der Waals surface area contributed by atoms with Crippen molar-refractivity contribution in [2.24, 2.45) is 5.73 Å². The van der Waals surface area contributed by atoms with E-state index in [1.54, 1.807) is 29.4 Å². The summed E-state index contributed by atoms with van der Waals surface area (Å²) in [6.45, 7) is 2.62. The van der Waals surface area contributed by atoms with E-state index in [1.165, 1.54) is 12.1 Å². The van der Waals surface area contributed by atoms with E-state index in [2.05, 4.69) is 10.3 Å². The van der Waals surface area contributed by atoms with Crippen molar-refractivity contribution in [2.75, 3.05) is 18.4 Å². The molecular weight excluding hydrogens is 367 g/mol. The first-order chi connectivity index (χ1) is 12.6. The minimum Gasteiger partial charge on any atom is -0.329 e. The molecule has 1 aromatic heterocycles. The molecule has 1 atom stereocenters. The zero-order valence-corrected chi connectivity index (χ0v) is 15.7. The van der Waals surface area contributed by atoms with E-state index in [4.69, 9.17) is 5.73 Å². The second-order valence-corrected chi connectivity index (χ2v) is 6.08. The molecule has 142 valence electrons. The summed E-state index contributed by atoms with van der Waals surface area (Å²) in [7, 11) is 0. The summed E-state index contributed by atoms with van der Waals surface area (Å²) in [6, 6.07) is 13.2. The fourth-order valence-corrected chi connectivity index (χ4v) is 2.89. The van der Waals surface area contributed by atoms with Crippen molar-refractivity contribution in [2.45, 2.75) is 13.0 Å². The number of hydrogen-bond donors (Lipinski definition) is 2. The molecule has 0 fully saturated rings. The van der Waals surface area contributed by atoms with Crippen molar-refractivity contribution in [3.05, 3.63) is 72.3 Å². The number of rotatable bonds is 5. The number of halogens is 2. The predicted octanol–water partition coefficient (Wildman–Crippen LogP) is 4.35. The van der Waals surface area contributed by atoms with Crippen molar-refractivity contribution in [3.8, 4) is 0 Å². The van der Waals surface area contributed by atoms with Gasteiger partial charge in [0.1, 0.15) is 5.82 Å². The zero-order chi connectivity index (χ0) is 18.5. The number of carbonyl (C=O) groups excluding carboxylic acids is 1. The first-order valence-electron chi connectivity index (χ1n) is 8.45. The maximum Gasteiger partial charge on any atom is 0.322 e. The van der Waals surface area contributed by atoms with Gasteiger partial charge in [0.25, 0.3) is 0 Å². The Labute approximate surface area is 163 Å². The summed E-state index contributed by atoms with van der Waals surface area (Å²) in [4.78, 5) is 18.5. The standard InChI is InChI=1S/C20H21FN4O.ClH/c1-14(15-2-5-18(21)6-3-15)25(11-9-22)20(26)24-19-7-4-17-13-23-10-8-16(17)12-19;/h2-8,10,12-14H,9,11,22H2,1H3,(H,24,26);1H. The van der Waals surface area contributed by atoms with Crippen molar-refractivity contribution in [1.29, 1.82) is 0 Å². The number of anilines is 1. The third-order valence-electron chi connectivity index (χ3n) is 4.34. The van der Waals surface area contributed by atoms with Gasteiger partial charge in [0.2, 0.25) is 0 Å². The number of benzene rings is 2. The van der Waals surface area contributed by atoms with Gasteiger partial charge >= 0.3 is 6.03 Å². The van der Waals surface area contributed by atoms with Crippen LogP contribution >= 0.6 is 12.4 Å². The van der Waals surface area contributed by atoms with Crippen LogP contribution in [0.5, 0.6) is 0 Å².